The standard InChI is InChI=1S/C32H30N2O/c1-19(2)22-12-10-13-23(20(3)4)30(22)34-27-15-8-7-14-26(27)33-32(34)25-18-17-21(5)29-24-11-6-9-16-28(24)35-31(25)29/h6-20H,1-5H3/i5D3. The first-order valence-electron chi connectivity index (χ1n) is 13.7. The van der Waals surface area contributed by atoms with E-state index in [1.54, 1.807) is 6.07 Å². The molecule has 6 rings (SSSR count). The number of nitrogens with zero attached hydrogens (tertiary/aromatic N) is 2. The van der Waals surface area contributed by atoms with Crippen LogP contribution in [0.2, 0.25) is 0 Å². The van der Waals surface area contributed by atoms with Crippen molar-refractivity contribution in [3.8, 4) is 17.1 Å². The Morgan fingerprint density at radius 3 is 2.26 bits per heavy atom. The van der Waals surface area contributed by atoms with Crippen LogP contribution in [0.1, 0.15) is 60.3 Å². The molecular weight excluding hydrogens is 428 g/mol. The normalized spacial score (nSPS) is 13.7. The Morgan fingerprint density at radius 1 is 0.800 bits per heavy atom. The Labute approximate surface area is 210 Å². The lowest BCUT2D eigenvalue weighted by atomic mass is 9.92. The third kappa shape index (κ3) is 3.30. The molecule has 0 saturated carbocycles. The maximum Gasteiger partial charge on any atom is 0.149 e. The zero-order valence-electron chi connectivity index (χ0n) is 23.5. The van der Waals surface area contributed by atoms with E-state index in [0.29, 0.717) is 28.4 Å². The van der Waals surface area contributed by atoms with Crippen LogP contribution in [-0.4, -0.2) is 9.55 Å². The monoisotopic (exact) mass is 461 g/mol. The summed E-state index contributed by atoms with van der Waals surface area (Å²) in [5.41, 5.74) is 7.74. The predicted molar refractivity (Wildman–Crippen MR) is 147 cm³/mol. The van der Waals surface area contributed by atoms with Gasteiger partial charge < -0.3 is 4.42 Å². The van der Waals surface area contributed by atoms with Crippen LogP contribution in [0.4, 0.5) is 0 Å². The summed E-state index contributed by atoms with van der Waals surface area (Å²) in [7, 11) is 0. The number of aryl methyl sites for hydroxylation is 1. The van der Waals surface area contributed by atoms with E-state index in [4.69, 9.17) is 13.5 Å². The highest BCUT2D eigenvalue weighted by Crippen LogP contribution is 2.41. The van der Waals surface area contributed by atoms with Crippen molar-refractivity contribution >= 4 is 33.0 Å². The quantitative estimate of drug-likeness (QED) is 0.262. The maximum atomic E-state index is 8.23. The van der Waals surface area contributed by atoms with E-state index in [1.807, 2.05) is 48.5 Å². The number of para-hydroxylation sites is 4. The van der Waals surface area contributed by atoms with Crippen molar-refractivity contribution in [2.75, 3.05) is 0 Å². The molecule has 0 bridgehead atoms. The fourth-order valence-corrected chi connectivity index (χ4v) is 5.21. The second-order valence-corrected chi connectivity index (χ2v) is 9.82. The molecule has 0 fully saturated rings. The molecule has 0 aliphatic rings. The Bertz CT molecular complexity index is 1800. The molecule has 174 valence electrons. The second kappa shape index (κ2) is 8.13. The van der Waals surface area contributed by atoms with Gasteiger partial charge in [-0.05, 0) is 59.6 Å². The Balaban J connectivity index is 1.79. The molecule has 0 aliphatic heterocycles. The molecule has 0 spiro atoms. The summed E-state index contributed by atoms with van der Waals surface area (Å²) in [6, 6.07) is 25.9. The van der Waals surface area contributed by atoms with E-state index in [1.165, 1.54) is 11.1 Å². The van der Waals surface area contributed by atoms with Gasteiger partial charge in [-0.25, -0.2) is 4.98 Å². The lowest BCUT2D eigenvalue weighted by molar-refractivity contribution is 0.669. The van der Waals surface area contributed by atoms with Gasteiger partial charge in [0.2, 0.25) is 0 Å². The van der Waals surface area contributed by atoms with Crippen LogP contribution < -0.4 is 0 Å². The highest BCUT2D eigenvalue weighted by atomic mass is 16.3. The van der Waals surface area contributed by atoms with Crippen LogP contribution in [0, 0.1) is 6.85 Å². The molecule has 2 aromatic heterocycles. The Morgan fingerprint density at radius 2 is 1.51 bits per heavy atom. The van der Waals surface area contributed by atoms with Crippen LogP contribution in [0.3, 0.4) is 0 Å². The summed E-state index contributed by atoms with van der Waals surface area (Å²) in [6.07, 6.45) is 0. The molecule has 6 aromatic rings. The number of rotatable bonds is 4. The van der Waals surface area contributed by atoms with Gasteiger partial charge in [0.05, 0.1) is 22.3 Å². The molecule has 3 heteroatoms. The van der Waals surface area contributed by atoms with Crippen LogP contribution in [0.15, 0.2) is 83.3 Å². The summed E-state index contributed by atoms with van der Waals surface area (Å²) in [5.74, 6) is 1.33. The van der Waals surface area contributed by atoms with Gasteiger partial charge in [-0.1, -0.05) is 82.3 Å². The van der Waals surface area contributed by atoms with Gasteiger partial charge in [0.25, 0.3) is 0 Å². The number of fused-ring (bicyclic) bond motifs is 4. The Kier molecular flexibility index (Phi) is 4.29. The van der Waals surface area contributed by atoms with Crippen molar-refractivity contribution in [3.63, 3.8) is 0 Å². The number of hydrogen-bond acceptors (Lipinski definition) is 2. The Hall–Kier alpha value is -3.85. The first-order chi connectivity index (χ1) is 18.2. The highest BCUT2D eigenvalue weighted by Gasteiger charge is 2.24. The van der Waals surface area contributed by atoms with Gasteiger partial charge in [-0.2, -0.15) is 0 Å². The van der Waals surface area contributed by atoms with Crippen molar-refractivity contribution in [1.29, 1.82) is 0 Å². The molecular formula is C32H30N2O. The molecule has 0 amide bonds. The molecule has 0 saturated heterocycles. The highest BCUT2D eigenvalue weighted by molar-refractivity contribution is 6.11. The van der Waals surface area contributed by atoms with Crippen molar-refractivity contribution in [2.24, 2.45) is 0 Å². The molecule has 3 nitrogen and oxygen atoms in total. The second-order valence-electron chi connectivity index (χ2n) is 9.82. The maximum absolute atomic E-state index is 8.23. The van der Waals surface area contributed by atoms with E-state index in [0.717, 1.165) is 33.5 Å². The van der Waals surface area contributed by atoms with Crippen molar-refractivity contribution < 1.29 is 8.53 Å². The van der Waals surface area contributed by atoms with E-state index < -0.39 is 6.85 Å². The van der Waals surface area contributed by atoms with Crippen molar-refractivity contribution in [3.05, 3.63) is 95.6 Å². The van der Waals surface area contributed by atoms with Crippen molar-refractivity contribution in [2.45, 2.75) is 46.4 Å². The van der Waals surface area contributed by atoms with E-state index in [9.17, 15) is 0 Å². The number of benzene rings is 4. The largest absolute Gasteiger partial charge is 0.455 e. The topological polar surface area (TPSA) is 31.0 Å². The van der Waals surface area contributed by atoms with E-state index in [-0.39, 0.29) is 5.56 Å². The lowest BCUT2D eigenvalue weighted by Gasteiger charge is -2.22. The third-order valence-corrected chi connectivity index (χ3v) is 6.89. The lowest BCUT2D eigenvalue weighted by Crippen LogP contribution is -2.08. The zero-order valence-corrected chi connectivity index (χ0v) is 20.5. The zero-order chi connectivity index (χ0) is 26.8. The smallest absolute Gasteiger partial charge is 0.149 e. The molecule has 0 atom stereocenters. The number of furan rings is 1. The third-order valence-electron chi connectivity index (χ3n) is 6.89. The summed E-state index contributed by atoms with van der Waals surface area (Å²) >= 11 is 0. The van der Waals surface area contributed by atoms with E-state index in [2.05, 4.69) is 56.5 Å². The van der Waals surface area contributed by atoms with Gasteiger partial charge in [0.15, 0.2) is 0 Å². The predicted octanol–water partition coefficient (Wildman–Crippen LogP) is 9.15. The van der Waals surface area contributed by atoms with Crippen LogP contribution in [-0.2, 0) is 0 Å². The first kappa shape index (κ1) is 18.5. The summed E-state index contributed by atoms with van der Waals surface area (Å²) in [6.45, 7) is 6.57. The summed E-state index contributed by atoms with van der Waals surface area (Å²) in [4.78, 5) is 5.13. The summed E-state index contributed by atoms with van der Waals surface area (Å²) < 4.78 is 33.4. The fraction of sp³-hybridized carbons (Fsp3) is 0.219. The molecule has 0 aliphatic carbocycles. The molecule has 0 radical (unpaired) electrons. The van der Waals surface area contributed by atoms with E-state index >= 15 is 0 Å². The van der Waals surface area contributed by atoms with Gasteiger partial charge in [-0.3, -0.25) is 4.57 Å². The number of aromatic nitrogens is 2. The minimum Gasteiger partial charge on any atom is -0.455 e. The molecule has 4 aromatic carbocycles. The average Bonchev–Trinajstić information content (AvgIpc) is 3.46. The van der Waals surface area contributed by atoms with Gasteiger partial charge in [0.1, 0.15) is 17.0 Å². The number of imidazole rings is 1. The van der Waals surface area contributed by atoms with Crippen LogP contribution >= 0.6 is 0 Å². The summed E-state index contributed by atoms with van der Waals surface area (Å²) in [5, 5.41) is 1.42. The van der Waals surface area contributed by atoms with Gasteiger partial charge >= 0.3 is 0 Å². The van der Waals surface area contributed by atoms with Crippen molar-refractivity contribution in [1.82, 2.24) is 9.55 Å². The van der Waals surface area contributed by atoms with Crippen LogP contribution in [0.5, 0.6) is 0 Å². The molecule has 35 heavy (non-hydrogen) atoms. The molecule has 2 heterocycles. The molecule has 0 N–H and O–H groups in total. The minimum absolute atomic E-state index is 0.286. The SMILES string of the molecule is [2H]C([2H])([2H])c1ccc(-c2nc3ccccc3n2-c2c(C(C)C)cccc2C(C)C)c2oc3ccccc3c12. The number of hydrogen-bond donors (Lipinski definition) is 0. The molecule has 0 unspecified atom stereocenters. The minimum atomic E-state index is -2.28. The first-order valence-corrected chi connectivity index (χ1v) is 12.2. The van der Waals surface area contributed by atoms with Gasteiger partial charge in [-0.15, -0.1) is 0 Å². The van der Waals surface area contributed by atoms with Crippen LogP contribution in [0.25, 0.3) is 50.0 Å². The van der Waals surface area contributed by atoms with Gasteiger partial charge in [0, 0.05) is 14.9 Å². The average molecular weight is 462 g/mol. The fourth-order valence-electron chi connectivity index (χ4n) is 5.21.